The van der Waals surface area contributed by atoms with Gasteiger partial charge in [0.05, 0.1) is 6.04 Å². The number of rotatable bonds is 4. The molecule has 104 valence electrons. The molecule has 0 radical (unpaired) electrons. The van der Waals surface area contributed by atoms with Crippen LogP contribution in [0.4, 0.5) is 0 Å². The molecule has 1 aliphatic heterocycles. The molecule has 1 heterocycles. The zero-order valence-corrected chi connectivity index (χ0v) is 12.3. The lowest BCUT2D eigenvalue weighted by atomic mass is 10.0. The summed E-state index contributed by atoms with van der Waals surface area (Å²) in [6.07, 6.45) is 1.97. The van der Waals surface area contributed by atoms with Crippen molar-refractivity contribution in [1.29, 1.82) is 0 Å². The maximum Gasteiger partial charge on any atom is 0.240 e. The molecular formula is C15H21ClN2O. The molecule has 3 nitrogen and oxygen atoms in total. The Morgan fingerprint density at radius 3 is 2.84 bits per heavy atom. The predicted octanol–water partition coefficient (Wildman–Crippen LogP) is 2.83. The van der Waals surface area contributed by atoms with E-state index in [4.69, 9.17) is 11.6 Å². The summed E-state index contributed by atoms with van der Waals surface area (Å²) < 4.78 is 0. The number of halogens is 1. The van der Waals surface area contributed by atoms with Gasteiger partial charge in [0.1, 0.15) is 0 Å². The topological polar surface area (TPSA) is 32.3 Å². The highest BCUT2D eigenvalue weighted by Gasteiger charge is 2.28. The Bertz CT molecular complexity index is 448. The summed E-state index contributed by atoms with van der Waals surface area (Å²) in [7, 11) is 0. The van der Waals surface area contributed by atoms with Crippen LogP contribution in [0.15, 0.2) is 24.3 Å². The Morgan fingerprint density at radius 2 is 2.16 bits per heavy atom. The first-order chi connectivity index (χ1) is 9.08. The van der Waals surface area contributed by atoms with Gasteiger partial charge >= 0.3 is 0 Å². The van der Waals surface area contributed by atoms with Crippen LogP contribution in [0.25, 0.3) is 0 Å². The van der Waals surface area contributed by atoms with Crippen molar-refractivity contribution in [3.63, 3.8) is 0 Å². The van der Waals surface area contributed by atoms with E-state index in [1.807, 2.05) is 29.2 Å². The number of hydrogen-bond acceptors (Lipinski definition) is 2. The lowest BCUT2D eigenvalue weighted by Crippen LogP contribution is -2.51. The lowest BCUT2D eigenvalue weighted by molar-refractivity contribution is -0.136. The van der Waals surface area contributed by atoms with Gasteiger partial charge in [-0.15, -0.1) is 0 Å². The van der Waals surface area contributed by atoms with Gasteiger partial charge in [-0.2, -0.15) is 0 Å². The van der Waals surface area contributed by atoms with Crippen molar-refractivity contribution in [3.8, 4) is 0 Å². The number of hydrogen-bond donors (Lipinski definition) is 1. The molecule has 1 fully saturated rings. The molecule has 1 aromatic carbocycles. The van der Waals surface area contributed by atoms with E-state index in [2.05, 4.69) is 19.2 Å². The minimum atomic E-state index is -0.0452. The van der Waals surface area contributed by atoms with Crippen LogP contribution in [-0.4, -0.2) is 29.4 Å². The van der Waals surface area contributed by atoms with Crippen molar-refractivity contribution in [2.24, 2.45) is 0 Å². The summed E-state index contributed by atoms with van der Waals surface area (Å²) in [5.41, 5.74) is 1.02. The van der Waals surface area contributed by atoms with E-state index in [9.17, 15) is 4.79 Å². The molecule has 1 saturated heterocycles. The van der Waals surface area contributed by atoms with Gasteiger partial charge in [-0.3, -0.25) is 4.79 Å². The molecule has 0 bridgehead atoms. The van der Waals surface area contributed by atoms with Gasteiger partial charge in [-0.25, -0.2) is 0 Å². The van der Waals surface area contributed by atoms with Crippen LogP contribution >= 0.6 is 11.6 Å². The molecule has 0 saturated carbocycles. The second-order valence-electron chi connectivity index (χ2n) is 5.37. The number of carbonyl (C=O) groups is 1. The van der Waals surface area contributed by atoms with Gasteiger partial charge in [-0.1, -0.05) is 43.6 Å². The lowest BCUT2D eigenvalue weighted by Gasteiger charge is -2.34. The molecule has 0 spiro atoms. The predicted molar refractivity (Wildman–Crippen MR) is 78.2 cm³/mol. The smallest absolute Gasteiger partial charge is 0.240 e. The number of nitrogens with one attached hydrogen (secondary N) is 1. The van der Waals surface area contributed by atoms with Crippen molar-refractivity contribution in [1.82, 2.24) is 10.2 Å². The molecule has 1 aromatic rings. The molecule has 0 aromatic heterocycles. The van der Waals surface area contributed by atoms with Gasteiger partial charge in [0.2, 0.25) is 5.91 Å². The first-order valence-corrected chi connectivity index (χ1v) is 7.24. The molecule has 1 aliphatic rings. The summed E-state index contributed by atoms with van der Waals surface area (Å²) >= 11 is 6.16. The van der Waals surface area contributed by atoms with Crippen molar-refractivity contribution >= 4 is 17.5 Å². The summed E-state index contributed by atoms with van der Waals surface area (Å²) in [5, 5.41) is 4.07. The molecule has 1 N–H and O–H groups in total. The van der Waals surface area contributed by atoms with Crippen LogP contribution in [0, 0.1) is 0 Å². The maximum atomic E-state index is 12.4. The Labute approximate surface area is 119 Å². The van der Waals surface area contributed by atoms with E-state index in [1.54, 1.807) is 0 Å². The van der Waals surface area contributed by atoms with Crippen LogP contribution in [0.1, 0.15) is 32.3 Å². The number of nitrogens with zero attached hydrogens (tertiary/aromatic N) is 1. The number of piperidine rings is 1. The first-order valence-electron chi connectivity index (χ1n) is 6.86. The van der Waals surface area contributed by atoms with Crippen molar-refractivity contribution in [3.05, 3.63) is 34.9 Å². The molecule has 1 unspecified atom stereocenters. The highest BCUT2D eigenvalue weighted by Crippen LogP contribution is 2.20. The van der Waals surface area contributed by atoms with Crippen LogP contribution in [0.3, 0.4) is 0 Å². The third kappa shape index (κ3) is 3.71. The number of carbonyl (C=O) groups excluding carboxylic acids is 1. The Kier molecular flexibility index (Phi) is 4.83. The first kappa shape index (κ1) is 14.4. The molecule has 0 aliphatic carbocycles. The fourth-order valence-corrected chi connectivity index (χ4v) is 2.68. The number of amides is 1. The van der Waals surface area contributed by atoms with Gasteiger partial charge in [0.25, 0.3) is 0 Å². The summed E-state index contributed by atoms with van der Waals surface area (Å²) in [4.78, 5) is 14.3. The van der Waals surface area contributed by atoms with Gasteiger partial charge in [0.15, 0.2) is 0 Å². The van der Waals surface area contributed by atoms with Gasteiger partial charge < -0.3 is 10.2 Å². The molecule has 1 atom stereocenters. The Hall–Kier alpha value is -1.06. The van der Waals surface area contributed by atoms with Crippen molar-refractivity contribution in [2.45, 2.75) is 45.3 Å². The van der Waals surface area contributed by atoms with Gasteiger partial charge in [-0.05, 0) is 24.5 Å². The van der Waals surface area contributed by atoms with E-state index < -0.39 is 0 Å². The second-order valence-corrected chi connectivity index (χ2v) is 5.77. The average Bonchev–Trinajstić information content (AvgIpc) is 2.36. The normalized spacial score (nSPS) is 20.1. The van der Waals surface area contributed by atoms with E-state index in [0.717, 1.165) is 30.0 Å². The Morgan fingerprint density at radius 1 is 1.42 bits per heavy atom. The third-order valence-electron chi connectivity index (χ3n) is 3.38. The highest BCUT2D eigenvalue weighted by molar-refractivity contribution is 6.31. The standard InChI is InChI=1S/C15H21ClN2O/c1-11(2)17-14-8-5-9-18(15(14)19)10-12-6-3-4-7-13(12)16/h3-4,6-7,11,14,17H,5,8-10H2,1-2H3. The van der Waals surface area contributed by atoms with Crippen LogP contribution in [0.2, 0.25) is 5.02 Å². The Balaban J connectivity index is 2.04. The third-order valence-corrected chi connectivity index (χ3v) is 3.75. The van der Waals surface area contributed by atoms with Crippen molar-refractivity contribution in [2.75, 3.05) is 6.54 Å². The molecule has 4 heteroatoms. The van der Waals surface area contributed by atoms with E-state index in [0.29, 0.717) is 12.6 Å². The van der Waals surface area contributed by atoms with Crippen LogP contribution in [-0.2, 0) is 11.3 Å². The SMILES string of the molecule is CC(C)NC1CCCN(Cc2ccccc2Cl)C1=O. The van der Waals surface area contributed by atoms with Crippen LogP contribution in [0.5, 0.6) is 0 Å². The van der Waals surface area contributed by atoms with Crippen molar-refractivity contribution < 1.29 is 4.79 Å². The van der Waals surface area contributed by atoms with E-state index in [-0.39, 0.29) is 11.9 Å². The zero-order valence-electron chi connectivity index (χ0n) is 11.5. The fraction of sp³-hybridized carbons (Fsp3) is 0.533. The quantitative estimate of drug-likeness (QED) is 0.920. The largest absolute Gasteiger partial charge is 0.337 e. The average molecular weight is 281 g/mol. The van der Waals surface area contributed by atoms with Gasteiger partial charge in [0, 0.05) is 24.2 Å². The number of likely N-dealkylation sites (tertiary alicyclic amines) is 1. The van der Waals surface area contributed by atoms with E-state index >= 15 is 0 Å². The maximum absolute atomic E-state index is 12.4. The monoisotopic (exact) mass is 280 g/mol. The highest BCUT2D eigenvalue weighted by atomic mass is 35.5. The molecule has 19 heavy (non-hydrogen) atoms. The summed E-state index contributed by atoms with van der Waals surface area (Å²) in [6, 6.07) is 8.00. The fourth-order valence-electron chi connectivity index (χ4n) is 2.49. The second kappa shape index (κ2) is 6.40. The molecular weight excluding hydrogens is 260 g/mol. The van der Waals surface area contributed by atoms with E-state index in [1.165, 1.54) is 0 Å². The minimum absolute atomic E-state index is 0.0452. The minimum Gasteiger partial charge on any atom is -0.337 e. The summed E-state index contributed by atoms with van der Waals surface area (Å²) in [6.45, 7) is 5.57. The molecule has 1 amide bonds. The van der Waals surface area contributed by atoms with Crippen LogP contribution < -0.4 is 5.32 Å². The molecule has 2 rings (SSSR count). The summed E-state index contributed by atoms with van der Waals surface area (Å²) in [5.74, 6) is 0.194. The zero-order chi connectivity index (χ0) is 13.8. The number of benzene rings is 1.